The highest BCUT2D eigenvalue weighted by molar-refractivity contribution is 5.94. The van der Waals surface area contributed by atoms with Gasteiger partial charge in [0.25, 0.3) is 5.91 Å². The number of amides is 1. The van der Waals surface area contributed by atoms with Gasteiger partial charge in [0.1, 0.15) is 5.75 Å². The molecule has 2 heterocycles. The predicted octanol–water partition coefficient (Wildman–Crippen LogP) is 4.72. The van der Waals surface area contributed by atoms with Crippen LogP contribution in [-0.4, -0.2) is 46.9 Å². The number of nitrogens with zero attached hydrogens (tertiary/aromatic N) is 4. The lowest BCUT2D eigenvalue weighted by Gasteiger charge is -2.34. The molecule has 0 saturated carbocycles. The number of hydrogen-bond acceptors (Lipinski definition) is 5. The smallest absolute Gasteiger partial charge is 0.417 e. The maximum atomic E-state index is 12.9. The summed E-state index contributed by atoms with van der Waals surface area (Å²) in [4.78, 5) is 20.6. The number of aromatic nitrogens is 1. The van der Waals surface area contributed by atoms with Gasteiger partial charge in [0.05, 0.1) is 17.2 Å². The first-order valence-corrected chi connectivity index (χ1v) is 10.6. The van der Waals surface area contributed by atoms with Crippen LogP contribution in [0.15, 0.2) is 66.9 Å². The third-order valence-electron chi connectivity index (χ3n) is 5.54. The topological polar surface area (TPSA) is 69.5 Å². The fraction of sp³-hybridized carbons (Fsp3) is 0.240. The second-order valence-corrected chi connectivity index (χ2v) is 7.89. The summed E-state index contributed by atoms with van der Waals surface area (Å²) in [5.41, 5.74) is 1.41. The van der Waals surface area contributed by atoms with Gasteiger partial charge in [-0.25, -0.2) is 4.98 Å². The molecule has 6 nitrogen and oxygen atoms in total. The Labute approximate surface area is 194 Å². The molecule has 0 N–H and O–H groups in total. The lowest BCUT2D eigenvalue weighted by atomic mass is 10.1. The van der Waals surface area contributed by atoms with Gasteiger partial charge in [-0.3, -0.25) is 9.69 Å². The molecule has 2 aromatic carbocycles. The third kappa shape index (κ3) is 5.71. The van der Waals surface area contributed by atoms with Crippen LogP contribution in [0.3, 0.4) is 0 Å². The number of carbonyl (C=O) groups excluding carboxylic acids is 1. The van der Waals surface area contributed by atoms with Crippen molar-refractivity contribution in [2.75, 3.05) is 26.2 Å². The molecule has 174 valence electrons. The maximum Gasteiger partial charge on any atom is 0.417 e. The lowest BCUT2D eigenvalue weighted by Crippen LogP contribution is -2.48. The van der Waals surface area contributed by atoms with Gasteiger partial charge in [-0.15, -0.1) is 0 Å². The Balaban J connectivity index is 1.29. The van der Waals surface area contributed by atoms with Crippen LogP contribution in [0, 0.1) is 11.3 Å². The van der Waals surface area contributed by atoms with Crippen LogP contribution in [0.1, 0.15) is 27.0 Å². The first-order chi connectivity index (χ1) is 16.3. The van der Waals surface area contributed by atoms with E-state index < -0.39 is 11.7 Å². The van der Waals surface area contributed by atoms with Crippen molar-refractivity contribution in [1.29, 1.82) is 5.26 Å². The monoisotopic (exact) mass is 466 g/mol. The standard InChI is InChI=1S/C25H21F3N4O2/c26-25(27,28)21-7-10-23(30-16-21)34-22-8-5-20(6-9-22)24(33)32-13-11-31(12-14-32)17-19-3-1-18(15-29)2-4-19/h1-10,16H,11-14,17H2. The molecule has 34 heavy (non-hydrogen) atoms. The van der Waals surface area contributed by atoms with Crippen molar-refractivity contribution in [2.45, 2.75) is 12.7 Å². The van der Waals surface area contributed by atoms with Gasteiger partial charge in [0.2, 0.25) is 5.88 Å². The van der Waals surface area contributed by atoms with Crippen LogP contribution in [-0.2, 0) is 12.7 Å². The minimum atomic E-state index is -4.46. The van der Waals surface area contributed by atoms with Crippen molar-refractivity contribution < 1.29 is 22.7 Å². The Morgan fingerprint density at radius 2 is 1.65 bits per heavy atom. The summed E-state index contributed by atoms with van der Waals surface area (Å²) in [6.07, 6.45) is -3.74. The number of carbonyl (C=O) groups is 1. The van der Waals surface area contributed by atoms with Gasteiger partial charge in [0, 0.05) is 50.6 Å². The summed E-state index contributed by atoms with van der Waals surface area (Å²) in [6.45, 7) is 3.45. The van der Waals surface area contributed by atoms with E-state index in [1.165, 1.54) is 0 Å². The van der Waals surface area contributed by atoms with Crippen LogP contribution in [0.25, 0.3) is 0 Å². The van der Waals surface area contributed by atoms with Crippen LogP contribution < -0.4 is 4.74 Å². The largest absolute Gasteiger partial charge is 0.439 e. The van der Waals surface area contributed by atoms with Crippen LogP contribution in [0.2, 0.25) is 0 Å². The zero-order valence-corrected chi connectivity index (χ0v) is 18.1. The molecule has 0 bridgehead atoms. The molecule has 0 unspecified atom stereocenters. The average Bonchev–Trinajstić information content (AvgIpc) is 2.85. The Hall–Kier alpha value is -3.90. The molecule has 1 aliphatic heterocycles. The fourth-order valence-electron chi connectivity index (χ4n) is 3.63. The number of pyridine rings is 1. The highest BCUT2D eigenvalue weighted by atomic mass is 19.4. The van der Waals surface area contributed by atoms with E-state index in [9.17, 15) is 18.0 Å². The van der Waals surface area contributed by atoms with E-state index in [1.807, 2.05) is 12.1 Å². The second-order valence-electron chi connectivity index (χ2n) is 7.89. The zero-order chi connectivity index (χ0) is 24.1. The van der Waals surface area contributed by atoms with Gasteiger partial charge in [-0.05, 0) is 48.0 Å². The molecular weight excluding hydrogens is 445 g/mol. The highest BCUT2D eigenvalue weighted by Crippen LogP contribution is 2.30. The number of alkyl halides is 3. The lowest BCUT2D eigenvalue weighted by molar-refractivity contribution is -0.137. The Morgan fingerprint density at radius 3 is 2.21 bits per heavy atom. The van der Waals surface area contributed by atoms with Crippen molar-refractivity contribution in [3.05, 3.63) is 89.1 Å². The van der Waals surface area contributed by atoms with Crippen LogP contribution in [0.5, 0.6) is 11.6 Å². The van der Waals surface area contributed by atoms with Gasteiger partial charge in [-0.2, -0.15) is 18.4 Å². The summed E-state index contributed by atoms with van der Waals surface area (Å²) >= 11 is 0. The van der Waals surface area contributed by atoms with Crippen LogP contribution in [0.4, 0.5) is 13.2 Å². The van der Waals surface area contributed by atoms with E-state index >= 15 is 0 Å². The molecule has 0 atom stereocenters. The summed E-state index contributed by atoms with van der Waals surface area (Å²) in [5.74, 6) is 0.318. The molecule has 1 saturated heterocycles. The van der Waals surface area contributed by atoms with Gasteiger partial charge in [-0.1, -0.05) is 12.1 Å². The molecule has 0 radical (unpaired) electrons. The SMILES string of the molecule is N#Cc1ccc(CN2CCN(C(=O)c3ccc(Oc4ccc(C(F)(F)F)cn4)cc3)CC2)cc1. The van der Waals surface area contributed by atoms with E-state index in [2.05, 4.69) is 16.0 Å². The minimum absolute atomic E-state index is 0.0328. The first-order valence-electron chi connectivity index (χ1n) is 10.6. The fourth-order valence-corrected chi connectivity index (χ4v) is 3.63. The second kappa shape index (κ2) is 9.93. The number of benzene rings is 2. The maximum absolute atomic E-state index is 12.9. The van der Waals surface area contributed by atoms with Crippen LogP contribution >= 0.6 is 0 Å². The summed E-state index contributed by atoms with van der Waals surface area (Å²) in [7, 11) is 0. The minimum Gasteiger partial charge on any atom is -0.439 e. The number of rotatable bonds is 5. The molecular formula is C25H21F3N4O2. The van der Waals surface area contributed by atoms with Gasteiger partial charge < -0.3 is 9.64 Å². The van der Waals surface area contributed by atoms with Crippen molar-refractivity contribution in [2.24, 2.45) is 0 Å². The Bertz CT molecular complexity index is 1160. The van der Waals surface area contributed by atoms with Gasteiger partial charge in [0.15, 0.2) is 0 Å². The molecule has 0 spiro atoms. The molecule has 1 fully saturated rings. The number of halogens is 3. The number of ether oxygens (including phenoxy) is 1. The average molecular weight is 466 g/mol. The molecule has 4 rings (SSSR count). The summed E-state index contributed by atoms with van der Waals surface area (Å²) < 4.78 is 43.4. The van der Waals surface area contributed by atoms with E-state index in [0.29, 0.717) is 36.2 Å². The zero-order valence-electron chi connectivity index (χ0n) is 18.1. The van der Waals surface area contributed by atoms with E-state index in [1.54, 1.807) is 41.3 Å². The van der Waals surface area contributed by atoms with E-state index in [0.717, 1.165) is 37.3 Å². The highest BCUT2D eigenvalue weighted by Gasteiger charge is 2.30. The van der Waals surface area contributed by atoms with E-state index in [-0.39, 0.29) is 11.8 Å². The normalized spacial score (nSPS) is 14.5. The number of hydrogen-bond donors (Lipinski definition) is 0. The third-order valence-corrected chi connectivity index (χ3v) is 5.54. The Kier molecular flexibility index (Phi) is 6.80. The first kappa shape index (κ1) is 23.3. The molecule has 9 heteroatoms. The summed E-state index contributed by atoms with van der Waals surface area (Å²) in [5, 5.41) is 8.90. The Morgan fingerprint density at radius 1 is 0.971 bits per heavy atom. The quantitative estimate of drug-likeness (QED) is 0.544. The molecule has 1 amide bonds. The predicted molar refractivity (Wildman–Crippen MR) is 118 cm³/mol. The van der Waals surface area contributed by atoms with Crippen molar-refractivity contribution in [3.63, 3.8) is 0 Å². The molecule has 0 aliphatic carbocycles. The molecule has 3 aromatic rings. The van der Waals surface area contributed by atoms with Crippen molar-refractivity contribution >= 4 is 5.91 Å². The van der Waals surface area contributed by atoms with Crippen molar-refractivity contribution in [3.8, 4) is 17.7 Å². The summed E-state index contributed by atoms with van der Waals surface area (Å²) in [6, 6.07) is 18.1. The van der Waals surface area contributed by atoms with Gasteiger partial charge >= 0.3 is 6.18 Å². The van der Waals surface area contributed by atoms with E-state index in [4.69, 9.17) is 10.00 Å². The molecule has 1 aromatic heterocycles. The number of piperazine rings is 1. The molecule has 1 aliphatic rings. The number of nitriles is 1. The van der Waals surface area contributed by atoms with Crippen molar-refractivity contribution in [1.82, 2.24) is 14.8 Å².